The summed E-state index contributed by atoms with van der Waals surface area (Å²) in [7, 11) is -4.10. The molecule has 0 fully saturated rings. The number of anilines is 1. The highest BCUT2D eigenvalue weighted by molar-refractivity contribution is 7.89. The van der Waals surface area contributed by atoms with Crippen LogP contribution in [-0.4, -0.2) is 29.5 Å². The number of aryl methyl sites for hydroxylation is 1. The molecule has 0 unspecified atom stereocenters. The van der Waals surface area contributed by atoms with Crippen LogP contribution in [0.2, 0.25) is 0 Å². The Morgan fingerprint density at radius 1 is 1.12 bits per heavy atom. The molecule has 0 aliphatic rings. The number of benzene rings is 1. The molecule has 2 heterocycles. The maximum atomic E-state index is 13.4. The lowest BCUT2D eigenvalue weighted by Crippen LogP contribution is -2.21. The van der Waals surface area contributed by atoms with Gasteiger partial charge in [0.05, 0.1) is 10.6 Å². The van der Waals surface area contributed by atoms with Gasteiger partial charge in [-0.15, -0.1) is 10.2 Å². The van der Waals surface area contributed by atoms with Crippen LogP contribution in [0.5, 0.6) is 11.6 Å². The van der Waals surface area contributed by atoms with E-state index in [2.05, 4.69) is 20.5 Å². The Morgan fingerprint density at radius 3 is 2.42 bits per heavy atom. The van der Waals surface area contributed by atoms with Crippen LogP contribution in [0, 0.1) is 19.8 Å². The maximum absolute atomic E-state index is 13.4. The largest absolute Gasteiger partial charge is 0.435 e. The predicted octanol–water partition coefficient (Wildman–Crippen LogP) is 3.34. The molecule has 1 amide bonds. The molecule has 2 aromatic heterocycles. The monoisotopic (exact) mass is 485 g/mol. The average Bonchev–Trinajstić information content (AvgIpc) is 2.68. The van der Waals surface area contributed by atoms with Crippen molar-refractivity contribution < 1.29 is 35.5 Å². The molecule has 0 radical (unpaired) electrons. The van der Waals surface area contributed by atoms with E-state index in [1.807, 2.05) is 0 Å². The molecule has 14 heteroatoms. The van der Waals surface area contributed by atoms with E-state index in [1.54, 1.807) is 0 Å². The van der Waals surface area contributed by atoms with Gasteiger partial charge in [0.1, 0.15) is 5.56 Å². The number of sulfonamides is 1. The number of primary sulfonamides is 1. The van der Waals surface area contributed by atoms with Gasteiger partial charge in [0.25, 0.3) is 11.8 Å². The molecule has 1 aromatic carbocycles. The van der Waals surface area contributed by atoms with Gasteiger partial charge in [-0.3, -0.25) is 4.79 Å². The maximum Gasteiger partial charge on any atom is 0.435 e. The Kier molecular flexibility index (Phi) is 6.33. The second-order valence-corrected chi connectivity index (χ2v) is 8.26. The number of amides is 1. The van der Waals surface area contributed by atoms with Gasteiger partial charge in [0.15, 0.2) is 11.4 Å². The zero-order valence-electron chi connectivity index (χ0n) is 16.9. The van der Waals surface area contributed by atoms with Gasteiger partial charge in [-0.1, -0.05) is 6.07 Å². The summed E-state index contributed by atoms with van der Waals surface area (Å²) in [4.78, 5) is 16.1. The van der Waals surface area contributed by atoms with E-state index in [0.29, 0.717) is 0 Å². The highest BCUT2D eigenvalue weighted by atomic mass is 32.2. The second-order valence-electron chi connectivity index (χ2n) is 6.70. The zero-order chi connectivity index (χ0) is 24.6. The lowest BCUT2D eigenvalue weighted by Gasteiger charge is -2.16. The number of rotatable bonds is 5. The molecule has 0 atom stereocenters. The molecular formula is C19H15F4N5O4S. The normalized spacial score (nSPS) is 11.8. The van der Waals surface area contributed by atoms with E-state index in [9.17, 15) is 30.8 Å². The second kappa shape index (κ2) is 8.71. The van der Waals surface area contributed by atoms with E-state index < -0.39 is 50.8 Å². The fraction of sp³-hybridized carbons (Fsp3) is 0.158. The van der Waals surface area contributed by atoms with Crippen LogP contribution in [-0.2, 0) is 16.2 Å². The minimum atomic E-state index is -4.93. The topological polar surface area (TPSA) is 137 Å². The fourth-order valence-corrected chi connectivity index (χ4v) is 3.34. The molecule has 0 saturated carbocycles. The molecule has 9 nitrogen and oxygen atoms in total. The number of nitrogens with two attached hydrogens (primary N) is 1. The van der Waals surface area contributed by atoms with Crippen LogP contribution >= 0.6 is 0 Å². The molecule has 0 saturated heterocycles. The molecule has 33 heavy (non-hydrogen) atoms. The number of ether oxygens (including phenoxy) is 1. The summed E-state index contributed by atoms with van der Waals surface area (Å²) in [6.45, 7) is 2.37. The Hall–Kier alpha value is -3.65. The van der Waals surface area contributed by atoms with Crippen LogP contribution < -0.4 is 15.2 Å². The van der Waals surface area contributed by atoms with Crippen molar-refractivity contribution in [2.24, 2.45) is 5.14 Å². The van der Waals surface area contributed by atoms with Crippen LogP contribution in [0.1, 0.15) is 27.3 Å². The van der Waals surface area contributed by atoms with Gasteiger partial charge in [-0.05, 0) is 49.7 Å². The lowest BCUT2D eigenvalue weighted by atomic mass is 10.1. The van der Waals surface area contributed by atoms with Gasteiger partial charge in [0, 0.05) is 5.69 Å². The van der Waals surface area contributed by atoms with Crippen molar-refractivity contribution in [2.75, 3.05) is 5.32 Å². The van der Waals surface area contributed by atoms with E-state index in [4.69, 9.17) is 9.88 Å². The van der Waals surface area contributed by atoms with Gasteiger partial charge >= 0.3 is 6.18 Å². The van der Waals surface area contributed by atoms with Crippen molar-refractivity contribution in [1.29, 1.82) is 0 Å². The first kappa shape index (κ1) is 24.0. The molecule has 0 aliphatic heterocycles. The van der Waals surface area contributed by atoms with E-state index >= 15 is 0 Å². The quantitative estimate of drug-likeness (QED) is 0.418. The standard InChI is InChI=1S/C19H15F4N5O4S/c1-9-15(17(29)26-11-4-3-5-12(8-11)33(24,30)31)18(28-27-16(9)19(21,22)23)32-13-6-7-14(20)25-10(13)2/h3-8H,1-2H3,(H,26,29)(H2,24,30,31). The number of nitrogens with one attached hydrogen (secondary N) is 1. The van der Waals surface area contributed by atoms with Crippen LogP contribution in [0.15, 0.2) is 41.3 Å². The van der Waals surface area contributed by atoms with E-state index in [0.717, 1.165) is 25.1 Å². The van der Waals surface area contributed by atoms with Crippen LogP contribution in [0.25, 0.3) is 0 Å². The van der Waals surface area contributed by atoms with Crippen molar-refractivity contribution >= 4 is 21.6 Å². The minimum Gasteiger partial charge on any atom is -0.435 e. The molecule has 0 aliphatic carbocycles. The summed E-state index contributed by atoms with van der Waals surface area (Å²) >= 11 is 0. The van der Waals surface area contributed by atoms with Gasteiger partial charge in [-0.2, -0.15) is 17.6 Å². The third-order valence-electron chi connectivity index (χ3n) is 4.31. The van der Waals surface area contributed by atoms with E-state index in [-0.39, 0.29) is 22.0 Å². The smallest absolute Gasteiger partial charge is 0.435 e. The molecule has 174 valence electrons. The molecular weight excluding hydrogens is 470 g/mol. The van der Waals surface area contributed by atoms with Crippen molar-refractivity contribution in [2.45, 2.75) is 24.9 Å². The number of alkyl halides is 3. The lowest BCUT2D eigenvalue weighted by molar-refractivity contribution is -0.142. The van der Waals surface area contributed by atoms with Gasteiger partial charge < -0.3 is 10.1 Å². The minimum absolute atomic E-state index is 0.0431. The summed E-state index contributed by atoms with van der Waals surface area (Å²) in [5.74, 6) is -2.59. The first-order valence-electron chi connectivity index (χ1n) is 8.97. The number of carbonyl (C=O) groups is 1. The van der Waals surface area contributed by atoms with Crippen molar-refractivity contribution in [1.82, 2.24) is 15.2 Å². The molecule has 0 bridgehead atoms. The Balaban J connectivity index is 2.08. The van der Waals surface area contributed by atoms with Crippen LogP contribution in [0.4, 0.5) is 23.2 Å². The van der Waals surface area contributed by atoms with E-state index in [1.165, 1.54) is 25.1 Å². The van der Waals surface area contributed by atoms with Gasteiger partial charge in [0.2, 0.25) is 16.0 Å². The highest BCUT2D eigenvalue weighted by Gasteiger charge is 2.38. The van der Waals surface area contributed by atoms with Gasteiger partial charge in [-0.25, -0.2) is 18.5 Å². The summed E-state index contributed by atoms with van der Waals surface area (Å²) < 4.78 is 81.9. The molecule has 3 aromatic rings. The fourth-order valence-electron chi connectivity index (χ4n) is 2.78. The highest BCUT2D eigenvalue weighted by Crippen LogP contribution is 2.35. The number of pyridine rings is 1. The number of carbonyl (C=O) groups excluding carboxylic acids is 1. The Labute approximate surface area is 184 Å². The number of nitrogens with zero attached hydrogens (tertiary/aromatic N) is 3. The first-order chi connectivity index (χ1) is 15.3. The average molecular weight is 485 g/mol. The molecule has 0 spiro atoms. The summed E-state index contributed by atoms with van der Waals surface area (Å²) in [6, 6.07) is 6.88. The van der Waals surface area contributed by atoms with Crippen LogP contribution in [0.3, 0.4) is 0 Å². The summed E-state index contributed by atoms with van der Waals surface area (Å²) in [6.07, 6.45) is -4.93. The number of aromatic nitrogens is 3. The van der Waals surface area contributed by atoms with Crippen molar-refractivity contribution in [3.8, 4) is 11.6 Å². The summed E-state index contributed by atoms with van der Waals surface area (Å²) in [5, 5.41) is 13.9. The third kappa shape index (κ3) is 5.40. The predicted molar refractivity (Wildman–Crippen MR) is 107 cm³/mol. The van der Waals surface area contributed by atoms with Crippen molar-refractivity contribution in [3.63, 3.8) is 0 Å². The zero-order valence-corrected chi connectivity index (χ0v) is 17.8. The Morgan fingerprint density at radius 2 is 1.82 bits per heavy atom. The number of hydrogen-bond donors (Lipinski definition) is 2. The number of halogens is 4. The molecule has 3 rings (SSSR count). The Bertz CT molecular complexity index is 1350. The SMILES string of the molecule is Cc1nc(F)ccc1Oc1nnc(C(F)(F)F)c(C)c1C(=O)Nc1cccc(S(N)(=O)=O)c1. The third-order valence-corrected chi connectivity index (χ3v) is 5.22. The number of hydrogen-bond acceptors (Lipinski definition) is 7. The molecule has 3 N–H and O–H groups in total. The van der Waals surface area contributed by atoms with Crippen molar-refractivity contribution in [3.05, 3.63) is 64.9 Å². The first-order valence-corrected chi connectivity index (χ1v) is 10.5. The summed E-state index contributed by atoms with van der Waals surface area (Å²) in [5.41, 5.74) is -2.67.